The average molecular weight is 384 g/mol. The smallest absolute Gasteiger partial charge is 0.345 e. The van der Waals surface area contributed by atoms with Crippen LogP contribution >= 0.6 is 0 Å². The number of aryl methyl sites for hydroxylation is 1. The lowest BCUT2D eigenvalue weighted by molar-refractivity contribution is 0.0895. The summed E-state index contributed by atoms with van der Waals surface area (Å²) >= 11 is 0. The second-order valence-corrected chi connectivity index (χ2v) is 6.45. The van der Waals surface area contributed by atoms with Crippen LogP contribution in [0.25, 0.3) is 17.2 Å². The van der Waals surface area contributed by atoms with E-state index in [1.165, 1.54) is 7.05 Å². The van der Waals surface area contributed by atoms with Crippen molar-refractivity contribution in [2.75, 3.05) is 0 Å². The Morgan fingerprint density at radius 2 is 1.93 bits per heavy atom. The van der Waals surface area contributed by atoms with Crippen LogP contribution in [0.3, 0.4) is 0 Å². The van der Waals surface area contributed by atoms with Gasteiger partial charge in [0.25, 0.3) is 5.56 Å². The molecule has 0 saturated carbocycles. The van der Waals surface area contributed by atoms with Crippen LogP contribution in [-0.4, -0.2) is 36.4 Å². The fraction of sp³-hybridized carbons (Fsp3) is 0.333. The minimum absolute atomic E-state index is 0.0720. The van der Waals surface area contributed by atoms with Gasteiger partial charge in [0.1, 0.15) is 0 Å². The lowest BCUT2D eigenvalue weighted by Crippen LogP contribution is -2.40. The van der Waals surface area contributed by atoms with Crippen molar-refractivity contribution in [2.24, 2.45) is 7.05 Å². The van der Waals surface area contributed by atoms with Crippen molar-refractivity contribution >= 4 is 5.91 Å². The molecule has 10 heteroatoms. The summed E-state index contributed by atoms with van der Waals surface area (Å²) < 4.78 is 6.94. The Kier molecular flexibility index (Phi) is 5.21. The molecule has 2 aromatic heterocycles. The van der Waals surface area contributed by atoms with Gasteiger partial charge in [-0.25, -0.2) is 4.79 Å². The SMILES string of the molecule is CC[C@H](C)NC(=O)c1nc(-c2nn(-c3ccc(C)cc3)c(=O)n(C)c2=O)no1. The molecule has 28 heavy (non-hydrogen) atoms. The molecule has 3 aromatic rings. The first kappa shape index (κ1) is 19.2. The Morgan fingerprint density at radius 1 is 1.25 bits per heavy atom. The number of aromatic nitrogens is 5. The monoisotopic (exact) mass is 384 g/mol. The standard InChI is InChI=1S/C18H20N6O4/c1-5-11(3)19-15(25)16-20-14(22-28-16)13-17(26)23(4)18(27)24(21-13)12-8-6-10(2)7-9-12/h6-9,11H,5H2,1-4H3,(H,19,25)/t11-/m0/s1. The van der Waals surface area contributed by atoms with Gasteiger partial charge in [0, 0.05) is 13.1 Å². The van der Waals surface area contributed by atoms with Crippen molar-refractivity contribution in [3.05, 3.63) is 56.6 Å². The zero-order chi connectivity index (χ0) is 20.4. The van der Waals surface area contributed by atoms with E-state index in [9.17, 15) is 14.4 Å². The third kappa shape index (κ3) is 3.61. The average Bonchev–Trinajstić information content (AvgIpc) is 3.17. The highest BCUT2D eigenvalue weighted by molar-refractivity contribution is 5.90. The third-order valence-electron chi connectivity index (χ3n) is 4.28. The van der Waals surface area contributed by atoms with Crippen molar-refractivity contribution in [3.63, 3.8) is 0 Å². The Balaban J connectivity index is 2.06. The van der Waals surface area contributed by atoms with E-state index in [1.54, 1.807) is 12.1 Å². The topological polar surface area (TPSA) is 125 Å². The van der Waals surface area contributed by atoms with Crippen LogP contribution in [0.2, 0.25) is 0 Å². The van der Waals surface area contributed by atoms with Gasteiger partial charge in [-0.2, -0.15) is 14.8 Å². The molecule has 10 nitrogen and oxygen atoms in total. The zero-order valence-corrected chi connectivity index (χ0v) is 16.0. The Hall–Kier alpha value is -3.56. The van der Waals surface area contributed by atoms with E-state index in [4.69, 9.17) is 4.52 Å². The van der Waals surface area contributed by atoms with Crippen LogP contribution in [0.5, 0.6) is 0 Å². The Labute approximate surface area is 159 Å². The molecule has 0 aliphatic carbocycles. The van der Waals surface area contributed by atoms with E-state index in [0.29, 0.717) is 5.69 Å². The van der Waals surface area contributed by atoms with Gasteiger partial charge in [0.05, 0.1) is 5.69 Å². The highest BCUT2D eigenvalue weighted by Gasteiger charge is 2.22. The van der Waals surface area contributed by atoms with Crippen LogP contribution in [-0.2, 0) is 7.05 Å². The first-order chi connectivity index (χ1) is 13.3. The second kappa shape index (κ2) is 7.59. The highest BCUT2D eigenvalue weighted by atomic mass is 16.5. The molecule has 1 N–H and O–H groups in total. The maximum absolute atomic E-state index is 12.5. The molecule has 3 rings (SSSR count). The molecule has 1 atom stereocenters. The van der Waals surface area contributed by atoms with E-state index < -0.39 is 17.2 Å². The van der Waals surface area contributed by atoms with Crippen molar-refractivity contribution < 1.29 is 9.32 Å². The number of benzene rings is 1. The number of hydrogen-bond donors (Lipinski definition) is 1. The van der Waals surface area contributed by atoms with Gasteiger partial charge in [-0.05, 0) is 32.4 Å². The summed E-state index contributed by atoms with van der Waals surface area (Å²) in [7, 11) is 1.33. The molecule has 0 saturated heterocycles. The molecule has 2 heterocycles. The van der Waals surface area contributed by atoms with E-state index in [0.717, 1.165) is 21.2 Å². The zero-order valence-electron chi connectivity index (χ0n) is 16.0. The van der Waals surface area contributed by atoms with E-state index in [-0.39, 0.29) is 23.5 Å². The van der Waals surface area contributed by atoms with Crippen molar-refractivity contribution in [3.8, 4) is 17.2 Å². The predicted octanol–water partition coefficient (Wildman–Crippen LogP) is 0.818. The summed E-state index contributed by atoms with van der Waals surface area (Å²) in [5, 5.41) is 10.5. The fourth-order valence-corrected chi connectivity index (χ4v) is 2.37. The van der Waals surface area contributed by atoms with Crippen LogP contribution in [0.15, 0.2) is 38.4 Å². The predicted molar refractivity (Wildman–Crippen MR) is 100 cm³/mol. The summed E-state index contributed by atoms with van der Waals surface area (Å²) in [5.74, 6) is -1.00. The normalized spacial score (nSPS) is 12.0. The highest BCUT2D eigenvalue weighted by Crippen LogP contribution is 2.10. The maximum Gasteiger partial charge on any atom is 0.351 e. The molecule has 0 fully saturated rings. The minimum atomic E-state index is -0.692. The number of nitrogens with one attached hydrogen (secondary N) is 1. The number of rotatable bonds is 5. The lowest BCUT2D eigenvalue weighted by atomic mass is 10.2. The molecule has 0 spiro atoms. The number of carbonyl (C=O) groups is 1. The molecule has 0 aliphatic heterocycles. The molecule has 0 aliphatic rings. The van der Waals surface area contributed by atoms with Gasteiger partial charge in [0.2, 0.25) is 5.82 Å². The first-order valence-electron chi connectivity index (χ1n) is 8.74. The van der Waals surface area contributed by atoms with Crippen LogP contribution < -0.4 is 16.6 Å². The van der Waals surface area contributed by atoms with Crippen LogP contribution in [0.4, 0.5) is 0 Å². The number of carbonyl (C=O) groups excluding carboxylic acids is 1. The van der Waals surface area contributed by atoms with Gasteiger partial charge >= 0.3 is 17.5 Å². The van der Waals surface area contributed by atoms with Crippen molar-refractivity contribution in [1.82, 2.24) is 29.8 Å². The largest absolute Gasteiger partial charge is 0.351 e. The molecule has 0 bridgehead atoms. The van der Waals surface area contributed by atoms with Gasteiger partial charge in [0.15, 0.2) is 5.69 Å². The minimum Gasteiger partial charge on any atom is -0.345 e. The van der Waals surface area contributed by atoms with E-state index >= 15 is 0 Å². The second-order valence-electron chi connectivity index (χ2n) is 6.45. The number of nitrogens with zero attached hydrogens (tertiary/aromatic N) is 5. The van der Waals surface area contributed by atoms with Crippen LogP contribution in [0, 0.1) is 6.92 Å². The van der Waals surface area contributed by atoms with E-state index in [2.05, 4.69) is 20.6 Å². The molecular weight excluding hydrogens is 364 g/mol. The molecular formula is C18H20N6O4. The van der Waals surface area contributed by atoms with Gasteiger partial charge in [-0.3, -0.25) is 14.2 Å². The Morgan fingerprint density at radius 3 is 2.57 bits per heavy atom. The molecule has 0 unspecified atom stereocenters. The maximum atomic E-state index is 12.5. The third-order valence-corrected chi connectivity index (χ3v) is 4.28. The quantitative estimate of drug-likeness (QED) is 0.690. The summed E-state index contributed by atoms with van der Waals surface area (Å²) in [6, 6.07) is 6.98. The summed E-state index contributed by atoms with van der Waals surface area (Å²) in [5.41, 5.74) is -0.0180. The number of amides is 1. The molecule has 0 radical (unpaired) electrons. The van der Waals surface area contributed by atoms with Gasteiger partial charge in [-0.15, -0.1) is 0 Å². The first-order valence-corrected chi connectivity index (χ1v) is 8.74. The summed E-state index contributed by atoms with van der Waals surface area (Å²) in [6.07, 6.45) is 0.732. The summed E-state index contributed by atoms with van der Waals surface area (Å²) in [6.45, 7) is 5.67. The van der Waals surface area contributed by atoms with Crippen molar-refractivity contribution in [1.29, 1.82) is 0 Å². The van der Waals surface area contributed by atoms with Gasteiger partial charge in [-0.1, -0.05) is 29.8 Å². The fourth-order valence-electron chi connectivity index (χ4n) is 2.37. The molecule has 146 valence electrons. The lowest BCUT2D eigenvalue weighted by Gasteiger charge is -2.08. The summed E-state index contributed by atoms with van der Waals surface area (Å²) in [4.78, 5) is 41.0. The van der Waals surface area contributed by atoms with Gasteiger partial charge < -0.3 is 9.84 Å². The number of hydrogen-bond acceptors (Lipinski definition) is 7. The van der Waals surface area contributed by atoms with E-state index in [1.807, 2.05) is 32.9 Å². The molecule has 1 amide bonds. The molecule has 1 aromatic carbocycles. The van der Waals surface area contributed by atoms with Crippen molar-refractivity contribution in [2.45, 2.75) is 33.2 Å². The van der Waals surface area contributed by atoms with Crippen LogP contribution in [0.1, 0.15) is 36.5 Å². The Bertz CT molecular complexity index is 1130.